The first-order valence-electron chi connectivity index (χ1n) is 13.8. The molecule has 1 atom stereocenters. The van der Waals surface area contributed by atoms with Crippen molar-refractivity contribution in [2.75, 3.05) is 24.6 Å². The number of carboxylic acids is 1. The van der Waals surface area contributed by atoms with Gasteiger partial charge in [0.05, 0.1) is 6.61 Å². The van der Waals surface area contributed by atoms with E-state index in [1.54, 1.807) is 36.1 Å². The van der Waals surface area contributed by atoms with Crippen molar-refractivity contribution in [2.24, 2.45) is 0 Å². The van der Waals surface area contributed by atoms with Crippen molar-refractivity contribution in [3.05, 3.63) is 126 Å². The highest BCUT2D eigenvalue weighted by Crippen LogP contribution is 2.24. The van der Waals surface area contributed by atoms with E-state index in [2.05, 4.69) is 5.32 Å². The monoisotopic (exact) mass is 552 g/mol. The summed E-state index contributed by atoms with van der Waals surface area (Å²) in [4.78, 5) is 26.8. The molecule has 0 spiro atoms. The Bertz CT molecular complexity index is 1360. The molecule has 0 radical (unpaired) electrons. The minimum atomic E-state index is -1.41. The zero-order valence-electron chi connectivity index (χ0n) is 23.2. The number of carboxylic acid groups (broad SMARTS) is 1. The van der Waals surface area contributed by atoms with Gasteiger partial charge in [-0.15, -0.1) is 0 Å². The third-order valence-electron chi connectivity index (χ3n) is 6.64. The average molecular weight is 553 g/mol. The van der Waals surface area contributed by atoms with E-state index in [-0.39, 0.29) is 12.5 Å². The second-order valence-corrected chi connectivity index (χ2v) is 9.93. The molecule has 0 bridgehead atoms. The fraction of sp³-hybridized carbons (Fsp3) is 0.235. The lowest BCUT2D eigenvalue weighted by molar-refractivity contribution is -0.153. The number of hydrogen-bond acceptors (Lipinski definition) is 4. The van der Waals surface area contributed by atoms with E-state index >= 15 is 0 Å². The minimum absolute atomic E-state index is 0.143. The summed E-state index contributed by atoms with van der Waals surface area (Å²) in [5.74, 6) is 0.147. The molecule has 0 aromatic heterocycles. The van der Waals surface area contributed by atoms with E-state index in [0.29, 0.717) is 37.6 Å². The summed E-state index contributed by atoms with van der Waals surface area (Å²) in [6.07, 6.45) is 1.59. The van der Waals surface area contributed by atoms with Crippen LogP contribution in [-0.2, 0) is 17.6 Å². The van der Waals surface area contributed by atoms with Crippen LogP contribution < -0.4 is 19.7 Å². The van der Waals surface area contributed by atoms with E-state index in [1.807, 2.05) is 91.0 Å². The number of carbonyl (C=O) groups is 2. The molecule has 2 N–H and O–H groups in total. The number of para-hydroxylation sites is 2. The molecular formula is C34H36N2O5. The van der Waals surface area contributed by atoms with Gasteiger partial charge in [0.25, 0.3) is 0 Å². The van der Waals surface area contributed by atoms with Crippen LogP contribution in [0.3, 0.4) is 0 Å². The largest absolute Gasteiger partial charge is 0.494 e. The van der Waals surface area contributed by atoms with Gasteiger partial charge in [0.1, 0.15) is 11.5 Å². The molecule has 0 saturated carbocycles. The molecular weight excluding hydrogens is 516 g/mol. The van der Waals surface area contributed by atoms with Crippen LogP contribution in [0.25, 0.3) is 0 Å². The van der Waals surface area contributed by atoms with Gasteiger partial charge in [-0.05, 0) is 67.3 Å². The Labute approximate surface area is 241 Å². The van der Waals surface area contributed by atoms with Gasteiger partial charge in [-0.2, -0.15) is 0 Å². The summed E-state index contributed by atoms with van der Waals surface area (Å²) in [7, 11) is 0. The van der Waals surface area contributed by atoms with E-state index in [1.165, 1.54) is 5.56 Å². The minimum Gasteiger partial charge on any atom is -0.494 e. The number of hydrogen-bond donors (Lipinski definition) is 2. The van der Waals surface area contributed by atoms with Crippen LogP contribution in [0.4, 0.5) is 10.5 Å². The fourth-order valence-corrected chi connectivity index (χ4v) is 4.42. The van der Waals surface area contributed by atoms with Crippen LogP contribution in [0, 0.1) is 0 Å². The SMILES string of the molecule is C[C@](Cc1ccc(OCCCN(C(=O)NCCc2ccccc2)c2ccccc2)cc1)(Oc1ccccc1)C(=O)O. The zero-order chi connectivity index (χ0) is 28.9. The second kappa shape index (κ2) is 14.6. The highest BCUT2D eigenvalue weighted by atomic mass is 16.5. The van der Waals surface area contributed by atoms with Crippen molar-refractivity contribution >= 4 is 17.7 Å². The molecule has 0 heterocycles. The number of nitrogens with one attached hydrogen (secondary N) is 1. The quantitative estimate of drug-likeness (QED) is 0.177. The molecule has 7 nitrogen and oxygen atoms in total. The van der Waals surface area contributed by atoms with Gasteiger partial charge in [0, 0.05) is 25.2 Å². The van der Waals surface area contributed by atoms with E-state index < -0.39 is 11.6 Å². The number of ether oxygens (including phenoxy) is 2. The maximum atomic E-state index is 13.0. The topological polar surface area (TPSA) is 88.1 Å². The van der Waals surface area contributed by atoms with E-state index in [0.717, 1.165) is 17.7 Å². The third-order valence-corrected chi connectivity index (χ3v) is 6.64. The first-order chi connectivity index (χ1) is 19.9. The lowest BCUT2D eigenvalue weighted by atomic mass is 9.96. The van der Waals surface area contributed by atoms with Crippen LogP contribution in [0.5, 0.6) is 11.5 Å². The number of benzene rings is 4. The van der Waals surface area contributed by atoms with Crippen LogP contribution in [0.15, 0.2) is 115 Å². The Morgan fingerprint density at radius 3 is 2.02 bits per heavy atom. The normalized spacial score (nSPS) is 12.1. The predicted molar refractivity (Wildman–Crippen MR) is 161 cm³/mol. The lowest BCUT2D eigenvalue weighted by Gasteiger charge is -2.26. The molecule has 0 aliphatic carbocycles. The Kier molecular flexibility index (Phi) is 10.4. The fourth-order valence-electron chi connectivity index (χ4n) is 4.42. The number of nitrogens with zero attached hydrogens (tertiary/aromatic N) is 1. The number of urea groups is 1. The molecule has 0 saturated heterocycles. The van der Waals surface area contributed by atoms with Crippen LogP contribution in [-0.4, -0.2) is 42.4 Å². The summed E-state index contributed by atoms with van der Waals surface area (Å²) in [5.41, 5.74) is 1.41. The summed E-state index contributed by atoms with van der Waals surface area (Å²) >= 11 is 0. The second-order valence-electron chi connectivity index (χ2n) is 9.93. The van der Waals surface area contributed by atoms with Crippen molar-refractivity contribution in [3.63, 3.8) is 0 Å². The highest BCUT2D eigenvalue weighted by molar-refractivity contribution is 5.91. The van der Waals surface area contributed by atoms with Gasteiger partial charge in [-0.1, -0.05) is 78.9 Å². The number of rotatable bonds is 14. The summed E-state index contributed by atoms with van der Waals surface area (Å²) in [6.45, 7) is 3.03. The molecule has 41 heavy (non-hydrogen) atoms. The van der Waals surface area contributed by atoms with Gasteiger partial charge in [0.2, 0.25) is 5.60 Å². The number of anilines is 1. The molecule has 4 aromatic rings. The van der Waals surface area contributed by atoms with E-state index in [4.69, 9.17) is 9.47 Å². The summed E-state index contributed by atoms with van der Waals surface area (Å²) < 4.78 is 11.8. The maximum Gasteiger partial charge on any atom is 0.348 e. The van der Waals surface area contributed by atoms with Crippen LogP contribution >= 0.6 is 0 Å². The Hall–Kier alpha value is -4.78. The molecule has 4 rings (SSSR count). The van der Waals surface area contributed by atoms with Gasteiger partial charge in [0.15, 0.2) is 0 Å². The number of amides is 2. The molecule has 0 aliphatic rings. The molecule has 4 aromatic carbocycles. The summed E-state index contributed by atoms with van der Waals surface area (Å²) in [6, 6.07) is 35.8. The molecule has 0 unspecified atom stereocenters. The van der Waals surface area contributed by atoms with Crippen molar-refractivity contribution in [2.45, 2.75) is 31.8 Å². The Morgan fingerprint density at radius 1 is 0.780 bits per heavy atom. The van der Waals surface area contributed by atoms with Crippen molar-refractivity contribution in [1.29, 1.82) is 0 Å². The maximum absolute atomic E-state index is 13.0. The Morgan fingerprint density at radius 2 is 1.39 bits per heavy atom. The van der Waals surface area contributed by atoms with Crippen molar-refractivity contribution < 1.29 is 24.2 Å². The smallest absolute Gasteiger partial charge is 0.348 e. The molecule has 0 aliphatic heterocycles. The lowest BCUT2D eigenvalue weighted by Crippen LogP contribution is -2.43. The molecule has 212 valence electrons. The number of carbonyl (C=O) groups excluding carboxylic acids is 1. The first-order valence-corrected chi connectivity index (χ1v) is 13.8. The zero-order valence-corrected chi connectivity index (χ0v) is 23.2. The van der Waals surface area contributed by atoms with E-state index in [9.17, 15) is 14.7 Å². The van der Waals surface area contributed by atoms with Gasteiger partial charge in [-0.25, -0.2) is 9.59 Å². The van der Waals surface area contributed by atoms with Crippen molar-refractivity contribution in [3.8, 4) is 11.5 Å². The highest BCUT2D eigenvalue weighted by Gasteiger charge is 2.36. The molecule has 2 amide bonds. The number of aliphatic carboxylic acids is 1. The van der Waals surface area contributed by atoms with Crippen molar-refractivity contribution in [1.82, 2.24) is 5.32 Å². The van der Waals surface area contributed by atoms with Crippen LogP contribution in [0.2, 0.25) is 0 Å². The van der Waals surface area contributed by atoms with Crippen LogP contribution in [0.1, 0.15) is 24.5 Å². The van der Waals surface area contributed by atoms with Gasteiger partial charge in [-0.3, -0.25) is 4.90 Å². The predicted octanol–water partition coefficient (Wildman–Crippen LogP) is 6.38. The summed E-state index contributed by atoms with van der Waals surface area (Å²) in [5, 5.41) is 12.9. The van der Waals surface area contributed by atoms with Gasteiger partial charge < -0.3 is 19.9 Å². The standard InChI is InChI=1S/C34H36N2O5/c1-34(32(37)38,41-31-16-9-4-10-17-31)26-28-18-20-30(21-19-28)40-25-11-24-36(29-14-7-3-8-15-29)33(39)35-23-22-27-12-5-2-6-13-27/h2-10,12-21H,11,22-26H2,1H3,(H,35,39)(H,37,38)/t34-/m1/s1. The average Bonchev–Trinajstić information content (AvgIpc) is 2.99. The van der Waals surface area contributed by atoms with Gasteiger partial charge >= 0.3 is 12.0 Å². The Balaban J connectivity index is 1.28. The first kappa shape index (κ1) is 29.2. The third kappa shape index (κ3) is 8.86. The molecule has 0 fully saturated rings. The molecule has 7 heteroatoms.